The maximum absolute atomic E-state index is 12.6. The topological polar surface area (TPSA) is 57.2 Å². The summed E-state index contributed by atoms with van der Waals surface area (Å²) in [7, 11) is 1.75. The highest BCUT2D eigenvalue weighted by Crippen LogP contribution is 2.33. The molecule has 1 atom stereocenters. The zero-order valence-electron chi connectivity index (χ0n) is 13.2. The monoisotopic (exact) mass is 327 g/mol. The van der Waals surface area contributed by atoms with Gasteiger partial charge in [-0.05, 0) is 29.8 Å². The lowest BCUT2D eigenvalue weighted by Gasteiger charge is -2.28. The summed E-state index contributed by atoms with van der Waals surface area (Å²) in [6, 6.07) is 13.0. The predicted molar refractivity (Wildman–Crippen MR) is 85.4 cm³/mol. The van der Waals surface area contributed by atoms with Gasteiger partial charge in [0.1, 0.15) is 6.61 Å². The van der Waals surface area contributed by atoms with Crippen molar-refractivity contribution in [2.45, 2.75) is 12.6 Å². The minimum Gasteiger partial charge on any atom is -0.485 e. The molecule has 2 aromatic rings. The molecule has 1 amide bonds. The number of para-hydroxylation sites is 2. The van der Waals surface area contributed by atoms with E-state index in [0.717, 1.165) is 11.3 Å². The standard InChI is InChI=1S/C18H17NO5/c1-19(9-12-6-7-14-16(8-12)23-11-22-14)18(20)17-10-21-13-4-2-3-5-15(13)24-17/h2-8,17H,9-11H2,1H3/t17-/m1/s1. The average Bonchev–Trinajstić information content (AvgIpc) is 3.08. The first-order chi connectivity index (χ1) is 11.7. The summed E-state index contributed by atoms with van der Waals surface area (Å²) >= 11 is 0. The highest BCUT2D eigenvalue weighted by molar-refractivity contribution is 5.81. The Morgan fingerprint density at radius 1 is 1.04 bits per heavy atom. The third-order valence-electron chi connectivity index (χ3n) is 4.02. The van der Waals surface area contributed by atoms with Gasteiger partial charge in [0, 0.05) is 13.6 Å². The fourth-order valence-corrected chi connectivity index (χ4v) is 2.78. The van der Waals surface area contributed by atoms with Gasteiger partial charge in [0.15, 0.2) is 23.0 Å². The number of fused-ring (bicyclic) bond motifs is 2. The first-order valence-electron chi connectivity index (χ1n) is 7.73. The van der Waals surface area contributed by atoms with Crippen LogP contribution in [0.4, 0.5) is 0 Å². The molecule has 0 radical (unpaired) electrons. The minimum atomic E-state index is -0.640. The van der Waals surface area contributed by atoms with Crippen molar-refractivity contribution in [3.05, 3.63) is 48.0 Å². The quantitative estimate of drug-likeness (QED) is 0.865. The van der Waals surface area contributed by atoms with Crippen molar-refractivity contribution in [3.8, 4) is 23.0 Å². The number of carbonyl (C=O) groups excluding carboxylic acids is 1. The van der Waals surface area contributed by atoms with E-state index in [9.17, 15) is 4.79 Å². The maximum Gasteiger partial charge on any atom is 0.267 e. The summed E-state index contributed by atoms with van der Waals surface area (Å²) in [5.74, 6) is 2.58. The number of benzene rings is 2. The molecule has 2 aliphatic rings. The second kappa shape index (κ2) is 5.96. The Kier molecular flexibility index (Phi) is 3.65. The minimum absolute atomic E-state index is 0.123. The Labute approximate surface area is 139 Å². The number of carbonyl (C=O) groups is 1. The van der Waals surface area contributed by atoms with Crippen LogP contribution in [0, 0.1) is 0 Å². The van der Waals surface area contributed by atoms with E-state index in [1.54, 1.807) is 18.0 Å². The van der Waals surface area contributed by atoms with Crippen LogP contribution in [0.2, 0.25) is 0 Å². The predicted octanol–water partition coefficient (Wildman–Crippen LogP) is 2.21. The van der Waals surface area contributed by atoms with Gasteiger partial charge in [-0.25, -0.2) is 0 Å². The van der Waals surface area contributed by atoms with Gasteiger partial charge in [0.05, 0.1) is 0 Å². The highest BCUT2D eigenvalue weighted by atomic mass is 16.7. The molecule has 0 aliphatic carbocycles. The van der Waals surface area contributed by atoms with Crippen molar-refractivity contribution >= 4 is 5.91 Å². The van der Waals surface area contributed by atoms with Gasteiger partial charge in [-0.15, -0.1) is 0 Å². The number of hydrogen-bond donors (Lipinski definition) is 0. The number of ether oxygens (including phenoxy) is 4. The van der Waals surface area contributed by atoms with Crippen molar-refractivity contribution in [2.24, 2.45) is 0 Å². The van der Waals surface area contributed by atoms with Crippen LogP contribution in [-0.2, 0) is 11.3 Å². The van der Waals surface area contributed by atoms with Crippen LogP contribution in [0.3, 0.4) is 0 Å². The van der Waals surface area contributed by atoms with Crippen molar-refractivity contribution in [2.75, 3.05) is 20.4 Å². The molecule has 0 fully saturated rings. The van der Waals surface area contributed by atoms with Crippen LogP contribution in [-0.4, -0.2) is 37.4 Å². The second-order valence-electron chi connectivity index (χ2n) is 5.75. The van der Waals surface area contributed by atoms with Crippen LogP contribution in [0.1, 0.15) is 5.56 Å². The van der Waals surface area contributed by atoms with E-state index in [1.165, 1.54) is 0 Å². The molecule has 0 saturated heterocycles. The molecule has 0 saturated carbocycles. The maximum atomic E-state index is 12.6. The SMILES string of the molecule is CN(Cc1ccc2c(c1)OCO2)C(=O)[C@H]1COc2ccccc2O1. The summed E-state index contributed by atoms with van der Waals surface area (Å²) in [5, 5.41) is 0. The Bertz CT molecular complexity index is 776. The number of amides is 1. The van der Waals surface area contributed by atoms with E-state index < -0.39 is 6.10 Å². The molecule has 124 valence electrons. The van der Waals surface area contributed by atoms with Crippen molar-refractivity contribution in [3.63, 3.8) is 0 Å². The zero-order chi connectivity index (χ0) is 16.5. The van der Waals surface area contributed by atoms with E-state index in [-0.39, 0.29) is 19.3 Å². The van der Waals surface area contributed by atoms with E-state index in [4.69, 9.17) is 18.9 Å². The van der Waals surface area contributed by atoms with Gasteiger partial charge in [-0.3, -0.25) is 4.79 Å². The van der Waals surface area contributed by atoms with Crippen LogP contribution >= 0.6 is 0 Å². The molecule has 0 bridgehead atoms. The zero-order valence-corrected chi connectivity index (χ0v) is 13.2. The lowest BCUT2D eigenvalue weighted by molar-refractivity contribution is -0.140. The van der Waals surface area contributed by atoms with Gasteiger partial charge in [0.25, 0.3) is 5.91 Å². The molecule has 0 unspecified atom stereocenters. The molecule has 0 N–H and O–H groups in total. The van der Waals surface area contributed by atoms with Crippen molar-refractivity contribution in [1.82, 2.24) is 4.90 Å². The fourth-order valence-electron chi connectivity index (χ4n) is 2.78. The van der Waals surface area contributed by atoms with Crippen LogP contribution < -0.4 is 18.9 Å². The van der Waals surface area contributed by atoms with Crippen LogP contribution in [0.15, 0.2) is 42.5 Å². The van der Waals surface area contributed by atoms with Crippen molar-refractivity contribution < 1.29 is 23.7 Å². The lowest BCUT2D eigenvalue weighted by Crippen LogP contribution is -2.44. The molecule has 0 aromatic heterocycles. The number of likely N-dealkylation sites (N-methyl/N-ethyl adjacent to an activating group) is 1. The first-order valence-corrected chi connectivity index (χ1v) is 7.73. The highest BCUT2D eigenvalue weighted by Gasteiger charge is 2.29. The molecule has 24 heavy (non-hydrogen) atoms. The summed E-state index contributed by atoms with van der Waals surface area (Å²) in [6.07, 6.45) is -0.640. The molecule has 6 heteroatoms. The molecule has 2 aliphatic heterocycles. The summed E-state index contributed by atoms with van der Waals surface area (Å²) < 4.78 is 22.0. The Morgan fingerprint density at radius 3 is 2.67 bits per heavy atom. The number of hydrogen-bond acceptors (Lipinski definition) is 5. The van der Waals surface area contributed by atoms with Gasteiger partial charge in [-0.2, -0.15) is 0 Å². The molecule has 6 nitrogen and oxygen atoms in total. The second-order valence-corrected chi connectivity index (χ2v) is 5.75. The lowest BCUT2D eigenvalue weighted by atomic mass is 10.2. The van der Waals surface area contributed by atoms with E-state index >= 15 is 0 Å². The number of nitrogens with zero attached hydrogens (tertiary/aromatic N) is 1. The van der Waals surface area contributed by atoms with Crippen molar-refractivity contribution in [1.29, 1.82) is 0 Å². The Hall–Kier alpha value is -2.89. The van der Waals surface area contributed by atoms with E-state index in [2.05, 4.69) is 0 Å². The van der Waals surface area contributed by atoms with E-state index in [0.29, 0.717) is 23.8 Å². The van der Waals surface area contributed by atoms with Gasteiger partial charge < -0.3 is 23.8 Å². The molecule has 4 rings (SSSR count). The molecular formula is C18H17NO5. The largest absolute Gasteiger partial charge is 0.485 e. The summed E-state index contributed by atoms with van der Waals surface area (Å²) in [5.41, 5.74) is 0.965. The fraction of sp³-hybridized carbons (Fsp3) is 0.278. The number of rotatable bonds is 3. The molecule has 0 spiro atoms. The Morgan fingerprint density at radius 2 is 1.79 bits per heavy atom. The van der Waals surface area contributed by atoms with E-state index in [1.807, 2.05) is 36.4 Å². The average molecular weight is 327 g/mol. The Balaban J connectivity index is 1.43. The van der Waals surface area contributed by atoms with Gasteiger partial charge in [-0.1, -0.05) is 18.2 Å². The normalized spacial score (nSPS) is 17.5. The third-order valence-corrected chi connectivity index (χ3v) is 4.02. The van der Waals surface area contributed by atoms with Crippen LogP contribution in [0.5, 0.6) is 23.0 Å². The summed E-state index contributed by atoms with van der Waals surface area (Å²) in [4.78, 5) is 14.2. The van der Waals surface area contributed by atoms with Crippen LogP contribution in [0.25, 0.3) is 0 Å². The van der Waals surface area contributed by atoms with Gasteiger partial charge in [0.2, 0.25) is 12.9 Å². The molecule has 2 aromatic carbocycles. The molecule has 2 heterocycles. The smallest absolute Gasteiger partial charge is 0.267 e. The third kappa shape index (κ3) is 2.71. The van der Waals surface area contributed by atoms with Gasteiger partial charge >= 0.3 is 0 Å². The molecular weight excluding hydrogens is 310 g/mol. The first kappa shape index (κ1) is 14.7. The summed E-state index contributed by atoms with van der Waals surface area (Å²) in [6.45, 7) is 0.901.